The maximum atomic E-state index is 12.7. The molecule has 0 radical (unpaired) electrons. The highest BCUT2D eigenvalue weighted by Gasteiger charge is 2.30. The Bertz CT molecular complexity index is 597. The van der Waals surface area contributed by atoms with Crippen LogP contribution in [0, 0.1) is 0 Å². The molecular weight excluding hydrogens is 296 g/mol. The first-order valence-corrected chi connectivity index (χ1v) is 8.21. The van der Waals surface area contributed by atoms with Crippen molar-refractivity contribution < 1.29 is 23.4 Å². The van der Waals surface area contributed by atoms with Gasteiger partial charge in [0.15, 0.2) is 0 Å². The number of ether oxygens (including phenoxy) is 1. The van der Waals surface area contributed by atoms with Gasteiger partial charge in [0.1, 0.15) is 10.6 Å². The molecule has 0 amide bonds. The minimum absolute atomic E-state index is 0.000833. The standard InChI is InChI=1S/C13H20N2O5S/c14-11-8-10-2-1-7-20-13(10)12(9-11)21(18,19)15(3-5-16)4-6-17/h8-9,16-17H,1-7,14H2. The second-order valence-electron chi connectivity index (χ2n) is 4.81. The van der Waals surface area contributed by atoms with Gasteiger partial charge in [0.2, 0.25) is 10.0 Å². The average molecular weight is 316 g/mol. The highest BCUT2D eigenvalue weighted by Crippen LogP contribution is 2.35. The number of anilines is 1. The lowest BCUT2D eigenvalue weighted by molar-refractivity contribution is 0.216. The fourth-order valence-corrected chi connectivity index (χ4v) is 4.01. The third-order valence-corrected chi connectivity index (χ3v) is 5.21. The van der Waals surface area contributed by atoms with Crippen LogP contribution >= 0.6 is 0 Å². The molecule has 1 aliphatic rings. The molecular formula is C13H20N2O5S. The van der Waals surface area contributed by atoms with E-state index in [2.05, 4.69) is 0 Å². The molecule has 21 heavy (non-hydrogen) atoms. The number of nitrogens with zero attached hydrogens (tertiary/aromatic N) is 1. The average Bonchev–Trinajstić information content (AvgIpc) is 2.46. The summed E-state index contributed by atoms with van der Waals surface area (Å²) in [6.07, 6.45) is 1.52. The summed E-state index contributed by atoms with van der Waals surface area (Å²) in [5.74, 6) is 0.330. The Balaban J connectivity index is 2.50. The number of nitrogen functional groups attached to an aromatic ring is 1. The quantitative estimate of drug-likeness (QED) is 0.614. The van der Waals surface area contributed by atoms with Gasteiger partial charge in [-0.1, -0.05) is 0 Å². The van der Waals surface area contributed by atoms with Crippen molar-refractivity contribution in [3.8, 4) is 5.75 Å². The lowest BCUT2D eigenvalue weighted by Gasteiger charge is -2.25. The molecule has 2 rings (SSSR count). The van der Waals surface area contributed by atoms with Crippen LogP contribution in [0.4, 0.5) is 5.69 Å². The van der Waals surface area contributed by atoms with Crippen molar-refractivity contribution in [2.24, 2.45) is 0 Å². The van der Waals surface area contributed by atoms with Crippen LogP contribution < -0.4 is 10.5 Å². The Morgan fingerprint density at radius 3 is 2.52 bits per heavy atom. The van der Waals surface area contributed by atoms with Crippen LogP contribution in [-0.4, -0.2) is 55.8 Å². The second-order valence-corrected chi connectivity index (χ2v) is 6.72. The van der Waals surface area contributed by atoms with Gasteiger partial charge < -0.3 is 20.7 Å². The minimum Gasteiger partial charge on any atom is -0.492 e. The van der Waals surface area contributed by atoms with E-state index < -0.39 is 10.0 Å². The number of nitrogens with two attached hydrogens (primary N) is 1. The van der Waals surface area contributed by atoms with Gasteiger partial charge in [0.05, 0.1) is 19.8 Å². The van der Waals surface area contributed by atoms with Gasteiger partial charge in [-0.25, -0.2) is 8.42 Å². The van der Waals surface area contributed by atoms with Crippen LogP contribution in [0.5, 0.6) is 5.75 Å². The zero-order valence-electron chi connectivity index (χ0n) is 11.7. The predicted octanol–water partition coefficient (Wildman–Crippen LogP) is -0.431. The molecule has 0 aromatic heterocycles. The number of hydrogen-bond acceptors (Lipinski definition) is 6. The third-order valence-electron chi connectivity index (χ3n) is 3.31. The first-order chi connectivity index (χ1) is 10.0. The van der Waals surface area contributed by atoms with Gasteiger partial charge in [-0.15, -0.1) is 0 Å². The maximum absolute atomic E-state index is 12.7. The van der Waals surface area contributed by atoms with Crippen molar-refractivity contribution in [2.45, 2.75) is 17.7 Å². The zero-order valence-corrected chi connectivity index (χ0v) is 12.5. The fourth-order valence-electron chi connectivity index (χ4n) is 2.38. The first kappa shape index (κ1) is 16.0. The van der Waals surface area contributed by atoms with Gasteiger partial charge in [-0.2, -0.15) is 4.31 Å². The zero-order chi connectivity index (χ0) is 15.5. The van der Waals surface area contributed by atoms with Crippen LogP contribution in [0.3, 0.4) is 0 Å². The molecule has 0 spiro atoms. The Kier molecular flexibility index (Phi) is 5.04. The Labute approximate surface area is 124 Å². The van der Waals surface area contributed by atoms with Crippen molar-refractivity contribution in [1.29, 1.82) is 0 Å². The van der Waals surface area contributed by atoms with Gasteiger partial charge >= 0.3 is 0 Å². The Morgan fingerprint density at radius 1 is 1.24 bits per heavy atom. The molecule has 0 aliphatic carbocycles. The summed E-state index contributed by atoms with van der Waals surface area (Å²) in [7, 11) is -3.88. The largest absolute Gasteiger partial charge is 0.492 e. The van der Waals surface area contributed by atoms with Crippen molar-refractivity contribution in [3.05, 3.63) is 17.7 Å². The van der Waals surface area contributed by atoms with E-state index in [9.17, 15) is 8.42 Å². The summed E-state index contributed by atoms with van der Waals surface area (Å²) in [6.45, 7) is -0.381. The monoisotopic (exact) mass is 316 g/mol. The first-order valence-electron chi connectivity index (χ1n) is 6.77. The smallest absolute Gasteiger partial charge is 0.247 e. The predicted molar refractivity (Wildman–Crippen MR) is 77.6 cm³/mol. The maximum Gasteiger partial charge on any atom is 0.247 e. The van der Waals surface area contributed by atoms with Gasteiger partial charge in [-0.05, 0) is 30.5 Å². The molecule has 0 fully saturated rings. The summed E-state index contributed by atoms with van der Waals surface area (Å²) < 4.78 is 32.0. The van der Waals surface area contributed by atoms with Crippen LogP contribution in [0.25, 0.3) is 0 Å². The number of sulfonamides is 1. The molecule has 4 N–H and O–H groups in total. The molecule has 1 aromatic carbocycles. The lowest BCUT2D eigenvalue weighted by Crippen LogP contribution is -2.36. The molecule has 0 saturated heterocycles. The van der Waals surface area contributed by atoms with E-state index in [0.29, 0.717) is 24.5 Å². The minimum atomic E-state index is -3.88. The van der Waals surface area contributed by atoms with Crippen molar-refractivity contribution in [1.82, 2.24) is 4.31 Å². The number of benzene rings is 1. The van der Waals surface area contributed by atoms with E-state index in [4.69, 9.17) is 20.7 Å². The highest BCUT2D eigenvalue weighted by molar-refractivity contribution is 7.89. The summed E-state index contributed by atoms with van der Waals surface area (Å²) in [6, 6.07) is 3.08. The normalized spacial score (nSPS) is 14.8. The number of fused-ring (bicyclic) bond motifs is 1. The SMILES string of the molecule is Nc1cc2c(c(S(=O)(=O)N(CCO)CCO)c1)OCCC2. The van der Waals surface area contributed by atoms with E-state index in [-0.39, 0.29) is 31.2 Å². The molecule has 1 aromatic rings. The highest BCUT2D eigenvalue weighted by atomic mass is 32.2. The van der Waals surface area contributed by atoms with Crippen LogP contribution in [0.15, 0.2) is 17.0 Å². The van der Waals surface area contributed by atoms with Crippen molar-refractivity contribution in [3.63, 3.8) is 0 Å². The van der Waals surface area contributed by atoms with Crippen molar-refractivity contribution in [2.75, 3.05) is 38.6 Å². The van der Waals surface area contributed by atoms with E-state index in [1.54, 1.807) is 6.07 Å². The van der Waals surface area contributed by atoms with Crippen LogP contribution in [0.1, 0.15) is 12.0 Å². The molecule has 8 heteroatoms. The summed E-state index contributed by atoms with van der Waals surface area (Å²) in [5.41, 5.74) is 6.91. The molecule has 0 atom stereocenters. The second kappa shape index (κ2) is 6.61. The van der Waals surface area contributed by atoms with E-state index in [1.807, 2.05) is 0 Å². The number of hydrogen-bond donors (Lipinski definition) is 3. The Morgan fingerprint density at radius 2 is 1.90 bits per heavy atom. The molecule has 0 unspecified atom stereocenters. The topological polar surface area (TPSA) is 113 Å². The molecule has 0 saturated carbocycles. The van der Waals surface area contributed by atoms with Gasteiger partial charge in [0, 0.05) is 18.8 Å². The molecule has 118 valence electrons. The van der Waals surface area contributed by atoms with Gasteiger partial charge in [-0.3, -0.25) is 0 Å². The van der Waals surface area contributed by atoms with E-state index in [0.717, 1.165) is 16.3 Å². The number of aliphatic hydroxyl groups excluding tert-OH is 2. The summed E-state index contributed by atoms with van der Waals surface area (Å²) in [5, 5.41) is 18.0. The summed E-state index contributed by atoms with van der Waals surface area (Å²) >= 11 is 0. The number of aliphatic hydroxyl groups is 2. The molecule has 7 nitrogen and oxygen atoms in total. The van der Waals surface area contributed by atoms with E-state index >= 15 is 0 Å². The molecule has 1 heterocycles. The van der Waals surface area contributed by atoms with Crippen LogP contribution in [-0.2, 0) is 16.4 Å². The summed E-state index contributed by atoms with van der Waals surface area (Å²) in [4.78, 5) is -0.000833. The number of aryl methyl sites for hydroxylation is 1. The van der Waals surface area contributed by atoms with Crippen molar-refractivity contribution >= 4 is 15.7 Å². The molecule has 0 bridgehead atoms. The lowest BCUT2D eigenvalue weighted by atomic mass is 10.1. The Hall–Kier alpha value is -1.35. The third kappa shape index (κ3) is 3.29. The number of rotatable bonds is 6. The van der Waals surface area contributed by atoms with E-state index in [1.165, 1.54) is 6.07 Å². The fraction of sp³-hybridized carbons (Fsp3) is 0.538. The van der Waals surface area contributed by atoms with Gasteiger partial charge in [0.25, 0.3) is 0 Å². The van der Waals surface area contributed by atoms with Crippen LogP contribution in [0.2, 0.25) is 0 Å². The molecule has 1 aliphatic heterocycles.